The summed E-state index contributed by atoms with van der Waals surface area (Å²) in [4.78, 5) is 11.1. The second kappa shape index (κ2) is 3.95. The van der Waals surface area contributed by atoms with Crippen molar-refractivity contribution in [3.8, 4) is 0 Å². The molecule has 74 valence electrons. The van der Waals surface area contributed by atoms with Gasteiger partial charge in [-0.3, -0.25) is 0 Å². The number of aldehydes is 1. The van der Waals surface area contributed by atoms with E-state index in [1.54, 1.807) is 0 Å². The van der Waals surface area contributed by atoms with Gasteiger partial charge in [0, 0.05) is 5.92 Å². The van der Waals surface area contributed by atoms with Gasteiger partial charge >= 0.3 is 0 Å². The molecule has 0 N–H and O–H groups in total. The van der Waals surface area contributed by atoms with Crippen LogP contribution in [-0.2, 0) is 4.79 Å². The van der Waals surface area contributed by atoms with Crippen molar-refractivity contribution in [1.82, 2.24) is 0 Å². The van der Waals surface area contributed by atoms with Gasteiger partial charge in [0.05, 0.1) is 0 Å². The minimum Gasteiger partial charge on any atom is -0.303 e. The van der Waals surface area contributed by atoms with Crippen LogP contribution in [0.15, 0.2) is 24.3 Å². The molecule has 1 atom stereocenters. The third-order valence-electron chi connectivity index (χ3n) is 3.35. The zero-order valence-corrected chi connectivity index (χ0v) is 8.57. The molecule has 0 aromatic heterocycles. The number of hydrogen-bond acceptors (Lipinski definition) is 1. The summed E-state index contributed by atoms with van der Waals surface area (Å²) >= 11 is 0. The molecule has 1 unspecified atom stereocenters. The average Bonchev–Trinajstić information content (AvgIpc) is 2.12. The van der Waals surface area contributed by atoms with Crippen LogP contribution in [0, 0.1) is 12.8 Å². The molecule has 0 bridgehead atoms. The standard InChI is InChI=1S/C13H16O/c1-10-5-2-3-8-12(10)13(9-14)11-6-4-7-11/h2-3,5,8-9,11,13H,4,6-7H2,1H3. The Bertz CT molecular complexity index is 326. The highest BCUT2D eigenvalue weighted by Gasteiger charge is 2.28. The molecular formula is C13H16O. The van der Waals surface area contributed by atoms with E-state index in [2.05, 4.69) is 19.1 Å². The Labute approximate surface area is 85.1 Å². The van der Waals surface area contributed by atoms with Crippen LogP contribution >= 0.6 is 0 Å². The molecular weight excluding hydrogens is 172 g/mol. The van der Waals surface area contributed by atoms with Crippen molar-refractivity contribution >= 4 is 6.29 Å². The van der Waals surface area contributed by atoms with Crippen molar-refractivity contribution in [3.05, 3.63) is 35.4 Å². The highest BCUT2D eigenvalue weighted by Crippen LogP contribution is 2.38. The predicted octanol–water partition coefficient (Wildman–Crippen LogP) is 3.08. The van der Waals surface area contributed by atoms with Gasteiger partial charge in [-0.25, -0.2) is 0 Å². The number of hydrogen-bond donors (Lipinski definition) is 0. The maximum atomic E-state index is 11.1. The minimum absolute atomic E-state index is 0.143. The van der Waals surface area contributed by atoms with Gasteiger partial charge in [-0.2, -0.15) is 0 Å². The monoisotopic (exact) mass is 188 g/mol. The fourth-order valence-electron chi connectivity index (χ4n) is 2.20. The van der Waals surface area contributed by atoms with Crippen LogP contribution in [0.5, 0.6) is 0 Å². The summed E-state index contributed by atoms with van der Waals surface area (Å²) in [6.45, 7) is 2.09. The fraction of sp³-hybridized carbons (Fsp3) is 0.462. The Hall–Kier alpha value is -1.11. The zero-order chi connectivity index (χ0) is 9.97. The summed E-state index contributed by atoms with van der Waals surface area (Å²) in [6.07, 6.45) is 4.86. The zero-order valence-electron chi connectivity index (χ0n) is 8.57. The van der Waals surface area contributed by atoms with Gasteiger partial charge in [-0.15, -0.1) is 0 Å². The molecule has 1 aromatic rings. The van der Waals surface area contributed by atoms with Gasteiger partial charge in [0.25, 0.3) is 0 Å². The van der Waals surface area contributed by atoms with Crippen LogP contribution in [0.2, 0.25) is 0 Å². The lowest BCUT2D eigenvalue weighted by Crippen LogP contribution is -2.22. The Kier molecular flexibility index (Phi) is 2.67. The SMILES string of the molecule is Cc1ccccc1C(C=O)C1CCC1. The molecule has 1 aliphatic carbocycles. The third kappa shape index (κ3) is 1.59. The Balaban J connectivity index is 2.26. The topological polar surface area (TPSA) is 17.1 Å². The van der Waals surface area contributed by atoms with Crippen molar-refractivity contribution in [2.75, 3.05) is 0 Å². The Morgan fingerprint density at radius 1 is 1.36 bits per heavy atom. The largest absolute Gasteiger partial charge is 0.303 e. The highest BCUT2D eigenvalue weighted by molar-refractivity contribution is 5.64. The van der Waals surface area contributed by atoms with Crippen molar-refractivity contribution in [2.24, 2.45) is 5.92 Å². The molecule has 0 spiro atoms. The van der Waals surface area contributed by atoms with Gasteiger partial charge in [-0.05, 0) is 36.8 Å². The Morgan fingerprint density at radius 2 is 2.07 bits per heavy atom. The van der Waals surface area contributed by atoms with E-state index in [1.165, 1.54) is 30.4 Å². The molecule has 1 heteroatoms. The molecule has 1 fully saturated rings. The molecule has 2 rings (SSSR count). The second-order valence-electron chi connectivity index (χ2n) is 4.21. The van der Waals surface area contributed by atoms with E-state index in [1.807, 2.05) is 12.1 Å². The quantitative estimate of drug-likeness (QED) is 0.666. The van der Waals surface area contributed by atoms with Crippen LogP contribution in [0.3, 0.4) is 0 Å². The van der Waals surface area contributed by atoms with Crippen LogP contribution < -0.4 is 0 Å². The van der Waals surface area contributed by atoms with E-state index in [9.17, 15) is 4.79 Å². The van der Waals surface area contributed by atoms with Crippen LogP contribution in [0.1, 0.15) is 36.3 Å². The van der Waals surface area contributed by atoms with E-state index in [0.717, 1.165) is 6.29 Å². The van der Waals surface area contributed by atoms with Gasteiger partial charge in [-0.1, -0.05) is 30.7 Å². The first-order chi connectivity index (χ1) is 6.83. The van der Waals surface area contributed by atoms with E-state index < -0.39 is 0 Å². The predicted molar refractivity (Wildman–Crippen MR) is 57.3 cm³/mol. The van der Waals surface area contributed by atoms with E-state index in [4.69, 9.17) is 0 Å². The first-order valence-electron chi connectivity index (χ1n) is 5.33. The maximum absolute atomic E-state index is 11.1. The molecule has 1 aliphatic rings. The molecule has 0 heterocycles. The van der Waals surface area contributed by atoms with Gasteiger partial charge < -0.3 is 4.79 Å². The molecule has 0 aliphatic heterocycles. The van der Waals surface area contributed by atoms with Crippen molar-refractivity contribution in [3.63, 3.8) is 0 Å². The summed E-state index contributed by atoms with van der Waals surface area (Å²) in [5.74, 6) is 0.749. The molecule has 0 amide bonds. The average molecular weight is 188 g/mol. The molecule has 0 radical (unpaired) electrons. The van der Waals surface area contributed by atoms with Gasteiger partial charge in [0.2, 0.25) is 0 Å². The summed E-state index contributed by atoms with van der Waals surface area (Å²) in [7, 11) is 0. The molecule has 14 heavy (non-hydrogen) atoms. The second-order valence-corrected chi connectivity index (χ2v) is 4.21. The minimum atomic E-state index is 0.143. The first kappa shape index (κ1) is 9.45. The number of carbonyl (C=O) groups is 1. The molecule has 0 saturated heterocycles. The Morgan fingerprint density at radius 3 is 2.57 bits per heavy atom. The van der Waals surface area contributed by atoms with Crippen LogP contribution in [0.25, 0.3) is 0 Å². The smallest absolute Gasteiger partial charge is 0.127 e. The lowest BCUT2D eigenvalue weighted by molar-refractivity contribution is -0.110. The molecule has 1 aromatic carbocycles. The van der Waals surface area contributed by atoms with Gasteiger partial charge in [0.15, 0.2) is 0 Å². The fourth-order valence-corrected chi connectivity index (χ4v) is 2.20. The van der Waals surface area contributed by atoms with Crippen molar-refractivity contribution < 1.29 is 4.79 Å². The molecule has 1 saturated carbocycles. The number of carbonyl (C=O) groups excluding carboxylic acids is 1. The van der Waals surface area contributed by atoms with Crippen LogP contribution in [-0.4, -0.2) is 6.29 Å². The molecule has 1 nitrogen and oxygen atoms in total. The van der Waals surface area contributed by atoms with Gasteiger partial charge in [0.1, 0.15) is 6.29 Å². The highest BCUT2D eigenvalue weighted by atomic mass is 16.1. The lowest BCUT2D eigenvalue weighted by atomic mass is 9.73. The van der Waals surface area contributed by atoms with Crippen molar-refractivity contribution in [1.29, 1.82) is 0 Å². The number of benzene rings is 1. The summed E-state index contributed by atoms with van der Waals surface area (Å²) in [5.41, 5.74) is 2.48. The lowest BCUT2D eigenvalue weighted by Gasteiger charge is -2.31. The number of aryl methyl sites for hydroxylation is 1. The van der Waals surface area contributed by atoms with Crippen molar-refractivity contribution in [2.45, 2.75) is 32.1 Å². The van der Waals surface area contributed by atoms with E-state index in [0.29, 0.717) is 5.92 Å². The van der Waals surface area contributed by atoms with Crippen LogP contribution in [0.4, 0.5) is 0 Å². The summed E-state index contributed by atoms with van der Waals surface area (Å²) in [6, 6.07) is 8.23. The number of rotatable bonds is 3. The first-order valence-corrected chi connectivity index (χ1v) is 5.33. The van der Waals surface area contributed by atoms with E-state index in [-0.39, 0.29) is 5.92 Å². The normalized spacial score (nSPS) is 18.6. The summed E-state index contributed by atoms with van der Waals surface area (Å²) in [5, 5.41) is 0. The van der Waals surface area contributed by atoms with E-state index >= 15 is 0 Å². The summed E-state index contributed by atoms with van der Waals surface area (Å²) < 4.78 is 0. The third-order valence-corrected chi connectivity index (χ3v) is 3.35. The maximum Gasteiger partial charge on any atom is 0.127 e.